The summed E-state index contributed by atoms with van der Waals surface area (Å²) in [6.07, 6.45) is 3.31. The maximum atomic E-state index is 11.9. The smallest absolute Gasteiger partial charge is 0.244 e. The van der Waals surface area contributed by atoms with Crippen LogP contribution in [-0.4, -0.2) is 19.2 Å². The van der Waals surface area contributed by atoms with Gasteiger partial charge >= 0.3 is 0 Å². The number of carbonyl (C=O) groups is 1. The molecule has 0 aliphatic carbocycles. The highest BCUT2D eigenvalue weighted by atomic mass is 16.7. The molecule has 23 heavy (non-hydrogen) atoms. The van der Waals surface area contributed by atoms with Gasteiger partial charge in [0.25, 0.3) is 0 Å². The van der Waals surface area contributed by atoms with Crippen LogP contribution in [0.1, 0.15) is 24.0 Å². The van der Waals surface area contributed by atoms with E-state index in [1.165, 1.54) is 11.6 Å². The average molecular weight is 309 g/mol. The quantitative estimate of drug-likeness (QED) is 0.862. The molecule has 0 bridgehead atoms. The van der Waals surface area contributed by atoms with Crippen LogP contribution in [0.25, 0.3) is 6.08 Å². The van der Waals surface area contributed by atoms with Gasteiger partial charge in [-0.1, -0.05) is 43.3 Å². The minimum absolute atomic E-state index is 0.106. The number of nitrogens with one attached hydrogen (secondary N) is 1. The molecule has 0 saturated carbocycles. The molecule has 3 rings (SSSR count). The Morgan fingerprint density at radius 3 is 2.78 bits per heavy atom. The summed E-state index contributed by atoms with van der Waals surface area (Å²) in [6, 6.07) is 15.7. The Morgan fingerprint density at radius 2 is 1.96 bits per heavy atom. The van der Waals surface area contributed by atoms with E-state index >= 15 is 0 Å². The molecule has 1 N–H and O–H groups in total. The van der Waals surface area contributed by atoms with E-state index in [2.05, 4.69) is 24.4 Å². The third kappa shape index (κ3) is 3.92. The number of benzene rings is 2. The fourth-order valence-corrected chi connectivity index (χ4v) is 2.40. The number of hydrogen-bond donors (Lipinski definition) is 1. The van der Waals surface area contributed by atoms with Gasteiger partial charge in [0.2, 0.25) is 12.7 Å². The van der Waals surface area contributed by atoms with Gasteiger partial charge < -0.3 is 14.8 Å². The van der Waals surface area contributed by atoms with Crippen LogP contribution < -0.4 is 14.8 Å². The summed E-state index contributed by atoms with van der Waals surface area (Å²) in [5.41, 5.74) is 2.12. The van der Waals surface area contributed by atoms with Crippen molar-refractivity contribution in [3.8, 4) is 11.5 Å². The maximum Gasteiger partial charge on any atom is 0.244 e. The molecule has 1 atom stereocenters. The number of fused-ring (bicyclic) bond motifs is 1. The van der Waals surface area contributed by atoms with Gasteiger partial charge in [0.15, 0.2) is 11.5 Å². The van der Waals surface area contributed by atoms with Crippen LogP contribution in [0.3, 0.4) is 0 Å². The van der Waals surface area contributed by atoms with E-state index in [1.54, 1.807) is 6.08 Å². The topological polar surface area (TPSA) is 47.6 Å². The van der Waals surface area contributed by atoms with E-state index in [-0.39, 0.29) is 18.6 Å². The van der Waals surface area contributed by atoms with Crippen molar-refractivity contribution in [2.45, 2.75) is 12.8 Å². The lowest BCUT2D eigenvalue weighted by atomic mass is 10.0. The molecule has 0 radical (unpaired) electrons. The van der Waals surface area contributed by atoms with Crippen LogP contribution in [-0.2, 0) is 4.79 Å². The van der Waals surface area contributed by atoms with Gasteiger partial charge in [-0.3, -0.25) is 4.79 Å². The van der Waals surface area contributed by atoms with E-state index in [9.17, 15) is 4.79 Å². The molecule has 1 aliphatic rings. The fraction of sp³-hybridized carbons (Fsp3) is 0.211. The first-order chi connectivity index (χ1) is 11.2. The van der Waals surface area contributed by atoms with E-state index in [0.717, 1.165) is 11.3 Å². The lowest BCUT2D eigenvalue weighted by Crippen LogP contribution is -2.25. The lowest BCUT2D eigenvalue weighted by Gasteiger charge is -2.11. The second kappa shape index (κ2) is 7.01. The molecule has 4 nitrogen and oxygen atoms in total. The zero-order valence-electron chi connectivity index (χ0n) is 13.0. The normalized spacial score (nSPS) is 14.0. The highest BCUT2D eigenvalue weighted by Gasteiger charge is 2.12. The Kier molecular flexibility index (Phi) is 4.62. The highest BCUT2D eigenvalue weighted by Crippen LogP contribution is 2.32. The van der Waals surface area contributed by atoms with Crippen LogP contribution in [0.2, 0.25) is 0 Å². The van der Waals surface area contributed by atoms with E-state index in [0.29, 0.717) is 12.3 Å². The number of hydrogen-bond acceptors (Lipinski definition) is 3. The number of ether oxygens (including phenoxy) is 2. The van der Waals surface area contributed by atoms with E-state index in [4.69, 9.17) is 9.47 Å². The predicted molar refractivity (Wildman–Crippen MR) is 89.5 cm³/mol. The third-order valence-electron chi connectivity index (χ3n) is 3.77. The molecule has 2 aromatic rings. The van der Waals surface area contributed by atoms with Crippen LogP contribution in [0, 0.1) is 0 Å². The predicted octanol–water partition coefficient (Wildman–Crippen LogP) is 3.35. The van der Waals surface area contributed by atoms with Crippen molar-refractivity contribution in [1.29, 1.82) is 0 Å². The molecule has 1 heterocycles. The molecule has 118 valence electrons. The summed E-state index contributed by atoms with van der Waals surface area (Å²) in [5.74, 6) is 1.62. The van der Waals surface area contributed by atoms with Gasteiger partial charge in [-0.15, -0.1) is 0 Å². The maximum absolute atomic E-state index is 11.9. The summed E-state index contributed by atoms with van der Waals surface area (Å²) >= 11 is 0. The SMILES string of the molecule is C[C@H](CNC(=O)/C=C/c1ccc2c(c1)OCO2)c1ccccc1. The monoisotopic (exact) mass is 309 g/mol. The first kappa shape index (κ1) is 15.2. The van der Waals surface area contributed by atoms with Crippen LogP contribution >= 0.6 is 0 Å². The van der Waals surface area contributed by atoms with Crippen molar-refractivity contribution in [2.24, 2.45) is 0 Å². The Hall–Kier alpha value is -2.75. The zero-order chi connectivity index (χ0) is 16.1. The highest BCUT2D eigenvalue weighted by molar-refractivity contribution is 5.91. The minimum atomic E-state index is -0.106. The van der Waals surface area contributed by atoms with Crippen molar-refractivity contribution in [3.05, 3.63) is 65.7 Å². The lowest BCUT2D eigenvalue weighted by molar-refractivity contribution is -0.116. The first-order valence-corrected chi connectivity index (χ1v) is 7.63. The first-order valence-electron chi connectivity index (χ1n) is 7.63. The molecule has 0 fully saturated rings. The van der Waals surface area contributed by atoms with Crippen molar-refractivity contribution in [3.63, 3.8) is 0 Å². The Labute approximate surface area is 135 Å². The summed E-state index contributed by atoms with van der Waals surface area (Å²) in [7, 11) is 0. The number of carbonyl (C=O) groups excluding carboxylic acids is 1. The third-order valence-corrected chi connectivity index (χ3v) is 3.77. The molecule has 0 spiro atoms. The van der Waals surface area contributed by atoms with Crippen LogP contribution in [0.4, 0.5) is 0 Å². The van der Waals surface area contributed by atoms with Crippen molar-refractivity contribution < 1.29 is 14.3 Å². The van der Waals surface area contributed by atoms with E-state index < -0.39 is 0 Å². The summed E-state index contributed by atoms with van der Waals surface area (Å²) in [4.78, 5) is 11.9. The summed E-state index contributed by atoms with van der Waals surface area (Å²) in [5, 5.41) is 2.92. The van der Waals surface area contributed by atoms with Gasteiger partial charge in [0.1, 0.15) is 0 Å². The Balaban J connectivity index is 1.53. The molecular weight excluding hydrogens is 290 g/mol. The van der Waals surface area contributed by atoms with Crippen molar-refractivity contribution in [2.75, 3.05) is 13.3 Å². The molecular formula is C19H19NO3. The van der Waals surface area contributed by atoms with Crippen LogP contribution in [0.15, 0.2) is 54.6 Å². The second-order valence-electron chi connectivity index (χ2n) is 5.50. The summed E-state index contributed by atoms with van der Waals surface area (Å²) < 4.78 is 10.6. The summed E-state index contributed by atoms with van der Waals surface area (Å²) in [6.45, 7) is 2.95. The molecule has 0 saturated heterocycles. The Morgan fingerprint density at radius 1 is 1.17 bits per heavy atom. The van der Waals surface area contributed by atoms with Gasteiger partial charge in [0.05, 0.1) is 0 Å². The van der Waals surface area contributed by atoms with Gasteiger partial charge in [-0.2, -0.15) is 0 Å². The molecule has 0 aromatic heterocycles. The molecule has 1 aliphatic heterocycles. The van der Waals surface area contributed by atoms with Crippen molar-refractivity contribution in [1.82, 2.24) is 5.32 Å². The van der Waals surface area contributed by atoms with Gasteiger partial charge in [0, 0.05) is 12.6 Å². The molecule has 1 amide bonds. The molecule has 4 heteroatoms. The fourth-order valence-electron chi connectivity index (χ4n) is 2.40. The second-order valence-corrected chi connectivity index (χ2v) is 5.50. The van der Waals surface area contributed by atoms with Gasteiger partial charge in [-0.05, 0) is 35.3 Å². The number of rotatable bonds is 5. The van der Waals surface area contributed by atoms with Gasteiger partial charge in [-0.25, -0.2) is 0 Å². The Bertz CT molecular complexity index is 710. The standard InChI is InChI=1S/C19H19NO3/c1-14(16-5-3-2-4-6-16)12-20-19(21)10-8-15-7-9-17-18(11-15)23-13-22-17/h2-11,14H,12-13H2,1H3,(H,20,21)/b10-8+/t14-/m1/s1. The number of amides is 1. The molecule has 2 aromatic carbocycles. The van der Waals surface area contributed by atoms with Crippen LogP contribution in [0.5, 0.6) is 11.5 Å². The molecule has 0 unspecified atom stereocenters. The average Bonchev–Trinajstić information content (AvgIpc) is 3.06. The minimum Gasteiger partial charge on any atom is -0.454 e. The zero-order valence-corrected chi connectivity index (χ0v) is 13.0. The largest absolute Gasteiger partial charge is 0.454 e. The van der Waals surface area contributed by atoms with Crippen molar-refractivity contribution >= 4 is 12.0 Å². The van der Waals surface area contributed by atoms with E-state index in [1.807, 2.05) is 36.4 Å².